The molecule has 0 aliphatic heterocycles. The van der Waals surface area contributed by atoms with E-state index in [1.54, 1.807) is 0 Å². The van der Waals surface area contributed by atoms with Gasteiger partial charge in [0.2, 0.25) is 0 Å². The van der Waals surface area contributed by atoms with Crippen molar-refractivity contribution in [3.05, 3.63) is 101 Å². The van der Waals surface area contributed by atoms with Crippen LogP contribution in [-0.4, -0.2) is 14.5 Å². The van der Waals surface area contributed by atoms with Gasteiger partial charge in [-0.3, -0.25) is 4.57 Å². The average Bonchev–Trinajstić information content (AvgIpc) is 3.69. The summed E-state index contributed by atoms with van der Waals surface area (Å²) in [5.41, 5.74) is 13.3. The van der Waals surface area contributed by atoms with Crippen molar-refractivity contribution in [1.29, 1.82) is 0 Å². The molecule has 4 aromatic heterocycles. The van der Waals surface area contributed by atoms with Crippen molar-refractivity contribution < 1.29 is 8.83 Å². The number of nitrogens with zero attached hydrogens (tertiary/aromatic N) is 3. The van der Waals surface area contributed by atoms with E-state index in [1.165, 1.54) is 22.4 Å². The van der Waals surface area contributed by atoms with Gasteiger partial charge >= 0.3 is 0 Å². The van der Waals surface area contributed by atoms with Crippen LogP contribution in [0.25, 0.3) is 72.1 Å². The maximum Gasteiger partial charge on any atom is 0.153 e. The number of aryl methyl sites for hydroxylation is 1. The molecule has 0 amide bonds. The SMILES string of the molecule is Cc1ccc2oc3cc4c(cc3c2n1)oc1c(-c2nc3ccccc3n2-c2c(C(C)C)cc(C(C)(C)C)cc2C(C)C)cccc14. The predicted octanol–water partition coefficient (Wildman–Crippen LogP) is 11.7. The van der Waals surface area contributed by atoms with Crippen molar-refractivity contribution in [3.8, 4) is 17.1 Å². The highest BCUT2D eigenvalue weighted by atomic mass is 16.3. The second kappa shape index (κ2) is 10.1. The first-order chi connectivity index (χ1) is 22.0. The molecular weight excluding hydrogens is 566 g/mol. The molecular formula is C41H39N3O2. The van der Waals surface area contributed by atoms with Crippen LogP contribution in [0.1, 0.15) is 82.7 Å². The molecule has 5 heteroatoms. The van der Waals surface area contributed by atoms with Gasteiger partial charge in [0.05, 0.1) is 27.7 Å². The molecule has 4 heterocycles. The number of aromatic nitrogens is 3. The molecule has 8 rings (SSSR count). The molecule has 0 unspecified atom stereocenters. The lowest BCUT2D eigenvalue weighted by Gasteiger charge is -2.28. The Kier molecular flexibility index (Phi) is 6.24. The second-order valence-electron chi connectivity index (χ2n) is 14.4. The number of hydrogen-bond donors (Lipinski definition) is 0. The minimum Gasteiger partial charge on any atom is -0.455 e. The zero-order valence-electron chi connectivity index (χ0n) is 27.8. The molecule has 4 aromatic carbocycles. The molecule has 0 saturated carbocycles. The second-order valence-corrected chi connectivity index (χ2v) is 14.4. The largest absolute Gasteiger partial charge is 0.455 e. The first-order valence-electron chi connectivity index (χ1n) is 16.3. The van der Waals surface area contributed by atoms with Crippen LogP contribution in [-0.2, 0) is 5.41 Å². The number of rotatable bonds is 4. The van der Waals surface area contributed by atoms with Crippen molar-refractivity contribution in [1.82, 2.24) is 14.5 Å². The van der Waals surface area contributed by atoms with Crippen molar-refractivity contribution >= 4 is 55.0 Å². The van der Waals surface area contributed by atoms with Crippen LogP contribution in [0.5, 0.6) is 0 Å². The number of imidazole rings is 1. The van der Waals surface area contributed by atoms with Gasteiger partial charge < -0.3 is 8.83 Å². The summed E-state index contributed by atoms with van der Waals surface area (Å²) >= 11 is 0. The van der Waals surface area contributed by atoms with E-state index in [-0.39, 0.29) is 5.41 Å². The highest BCUT2D eigenvalue weighted by Gasteiger charge is 2.27. The van der Waals surface area contributed by atoms with Gasteiger partial charge in [0.25, 0.3) is 0 Å². The van der Waals surface area contributed by atoms with Crippen LogP contribution in [0.4, 0.5) is 0 Å². The smallest absolute Gasteiger partial charge is 0.153 e. The fourth-order valence-corrected chi connectivity index (χ4v) is 6.89. The number of para-hydroxylation sites is 3. The highest BCUT2D eigenvalue weighted by molar-refractivity contribution is 6.15. The molecule has 0 atom stereocenters. The first-order valence-corrected chi connectivity index (χ1v) is 16.3. The summed E-state index contributed by atoms with van der Waals surface area (Å²) in [7, 11) is 0. The van der Waals surface area contributed by atoms with Crippen molar-refractivity contribution in [3.63, 3.8) is 0 Å². The lowest BCUT2D eigenvalue weighted by molar-refractivity contribution is 0.586. The Morgan fingerprint density at radius 3 is 2.09 bits per heavy atom. The number of fused-ring (bicyclic) bond motifs is 7. The quantitative estimate of drug-likeness (QED) is 0.200. The molecule has 5 nitrogen and oxygen atoms in total. The van der Waals surface area contributed by atoms with Gasteiger partial charge in [0.1, 0.15) is 28.1 Å². The van der Waals surface area contributed by atoms with E-state index in [1.807, 2.05) is 19.1 Å². The summed E-state index contributed by atoms with van der Waals surface area (Å²) in [6.45, 7) is 18.1. The fourth-order valence-electron chi connectivity index (χ4n) is 6.89. The molecule has 8 aromatic rings. The number of pyridine rings is 1. The fraction of sp³-hybridized carbons (Fsp3) is 0.268. The van der Waals surface area contributed by atoms with Crippen LogP contribution in [0.2, 0.25) is 0 Å². The third-order valence-electron chi connectivity index (χ3n) is 9.38. The molecule has 0 fully saturated rings. The number of furan rings is 2. The standard InChI is InChI=1S/C41H39N3O2/c1-22(2)28-18-25(41(6,7)8)19-29(23(3)4)38(28)44-33-15-10-9-14-32(33)43-40(44)27-13-11-12-26-30-20-36-31(21-35(30)46-39(26)27)37-34(45-36)17-16-24(5)42-37/h9-23H,1-8H3. The van der Waals surface area contributed by atoms with Gasteiger partial charge in [-0.1, -0.05) is 84.9 Å². The molecule has 0 aliphatic rings. The minimum absolute atomic E-state index is 0.0320. The molecule has 0 bridgehead atoms. The average molecular weight is 606 g/mol. The van der Waals surface area contributed by atoms with E-state index in [0.29, 0.717) is 11.8 Å². The summed E-state index contributed by atoms with van der Waals surface area (Å²) in [5, 5.41) is 3.01. The highest BCUT2D eigenvalue weighted by Crippen LogP contribution is 2.43. The van der Waals surface area contributed by atoms with Gasteiger partial charge in [-0.15, -0.1) is 0 Å². The van der Waals surface area contributed by atoms with Gasteiger partial charge in [-0.25, -0.2) is 9.97 Å². The van der Waals surface area contributed by atoms with E-state index in [2.05, 4.69) is 120 Å². The maximum absolute atomic E-state index is 6.78. The third kappa shape index (κ3) is 4.28. The maximum atomic E-state index is 6.78. The molecule has 0 aliphatic carbocycles. The predicted molar refractivity (Wildman–Crippen MR) is 190 cm³/mol. The Morgan fingerprint density at radius 1 is 0.674 bits per heavy atom. The van der Waals surface area contributed by atoms with Gasteiger partial charge in [0, 0.05) is 16.5 Å². The van der Waals surface area contributed by atoms with Gasteiger partial charge in [0.15, 0.2) is 5.58 Å². The van der Waals surface area contributed by atoms with E-state index < -0.39 is 0 Å². The van der Waals surface area contributed by atoms with Gasteiger partial charge in [-0.2, -0.15) is 0 Å². The zero-order valence-corrected chi connectivity index (χ0v) is 27.8. The normalized spacial score (nSPS) is 12.7. The Labute approximate surface area is 268 Å². The van der Waals surface area contributed by atoms with E-state index in [0.717, 1.165) is 72.1 Å². The van der Waals surface area contributed by atoms with Crippen LogP contribution < -0.4 is 0 Å². The first kappa shape index (κ1) is 28.6. The Bertz CT molecular complexity index is 2450. The number of benzene rings is 4. The summed E-state index contributed by atoms with van der Waals surface area (Å²) in [5.74, 6) is 1.51. The van der Waals surface area contributed by atoms with E-state index in [9.17, 15) is 0 Å². The summed E-state index contributed by atoms with van der Waals surface area (Å²) in [6, 6.07) is 27.8. The van der Waals surface area contributed by atoms with Gasteiger partial charge in [-0.05, 0) is 83.3 Å². The lowest BCUT2D eigenvalue weighted by atomic mass is 9.81. The van der Waals surface area contributed by atoms with Crippen LogP contribution in [0.3, 0.4) is 0 Å². The van der Waals surface area contributed by atoms with Crippen molar-refractivity contribution in [2.24, 2.45) is 0 Å². The van der Waals surface area contributed by atoms with E-state index >= 15 is 0 Å². The Morgan fingerprint density at radius 2 is 1.37 bits per heavy atom. The Balaban J connectivity index is 1.45. The summed E-state index contributed by atoms with van der Waals surface area (Å²) < 4.78 is 15.4. The third-order valence-corrected chi connectivity index (χ3v) is 9.38. The zero-order chi connectivity index (χ0) is 32.1. The van der Waals surface area contributed by atoms with Crippen LogP contribution in [0.15, 0.2) is 87.7 Å². The lowest BCUT2D eigenvalue weighted by Crippen LogP contribution is -2.16. The molecule has 230 valence electrons. The minimum atomic E-state index is 0.0320. The monoisotopic (exact) mass is 605 g/mol. The van der Waals surface area contributed by atoms with Crippen LogP contribution in [0, 0.1) is 6.92 Å². The van der Waals surface area contributed by atoms with Crippen molar-refractivity contribution in [2.75, 3.05) is 0 Å². The molecule has 0 radical (unpaired) electrons. The Hall–Kier alpha value is -4.90. The molecule has 0 spiro atoms. The summed E-state index contributed by atoms with van der Waals surface area (Å²) in [6.07, 6.45) is 0. The molecule has 0 N–H and O–H groups in total. The molecule has 0 saturated heterocycles. The summed E-state index contributed by atoms with van der Waals surface area (Å²) in [4.78, 5) is 10.1. The topological polar surface area (TPSA) is 57.0 Å². The van der Waals surface area contributed by atoms with Crippen molar-refractivity contribution in [2.45, 2.75) is 72.6 Å². The van der Waals surface area contributed by atoms with Crippen LogP contribution >= 0.6 is 0 Å². The van der Waals surface area contributed by atoms with E-state index in [4.69, 9.17) is 18.8 Å². The molecule has 46 heavy (non-hydrogen) atoms. The number of hydrogen-bond acceptors (Lipinski definition) is 4.